The van der Waals surface area contributed by atoms with Gasteiger partial charge in [-0.2, -0.15) is 0 Å². The Morgan fingerprint density at radius 1 is 1.03 bits per heavy atom. The van der Waals surface area contributed by atoms with Crippen LogP contribution in [0.15, 0.2) is 84.9 Å². The van der Waals surface area contributed by atoms with Crippen LogP contribution in [0.5, 0.6) is 5.75 Å². The first kappa shape index (κ1) is 20.3. The topological polar surface area (TPSA) is 64.4 Å². The molecule has 0 saturated carbocycles. The van der Waals surface area contributed by atoms with Crippen LogP contribution >= 0.6 is 0 Å². The number of hydrogen-bond donors (Lipinski definition) is 1. The molecule has 0 aromatic heterocycles. The molecule has 1 heterocycles. The Balaban J connectivity index is 1.31. The summed E-state index contributed by atoms with van der Waals surface area (Å²) >= 11 is 0. The molecule has 0 amide bonds. The third kappa shape index (κ3) is 4.11. The quantitative estimate of drug-likeness (QED) is 0.205. The lowest BCUT2D eigenvalue weighted by Gasteiger charge is -2.37. The summed E-state index contributed by atoms with van der Waals surface area (Å²) in [5, 5.41) is 14.9. The number of benzene rings is 3. The van der Waals surface area contributed by atoms with E-state index < -0.39 is 0 Å². The van der Waals surface area contributed by atoms with Gasteiger partial charge in [-0.1, -0.05) is 54.6 Å². The molecular formula is C27H26N2O3. The SMILES string of the molecule is O=[N+]([O-])c1cccc(C2Nc3ccc(OCCCc4ccccc4)cc3C3C=CCC32)c1. The van der Waals surface area contributed by atoms with Gasteiger partial charge in [0.15, 0.2) is 0 Å². The van der Waals surface area contributed by atoms with E-state index in [1.807, 2.05) is 18.2 Å². The van der Waals surface area contributed by atoms with Crippen molar-refractivity contribution < 1.29 is 9.66 Å². The van der Waals surface area contributed by atoms with Gasteiger partial charge < -0.3 is 10.1 Å². The van der Waals surface area contributed by atoms with Crippen LogP contribution in [0.25, 0.3) is 0 Å². The van der Waals surface area contributed by atoms with Crippen LogP contribution in [-0.4, -0.2) is 11.5 Å². The summed E-state index contributed by atoms with van der Waals surface area (Å²) in [4.78, 5) is 10.9. The highest BCUT2D eigenvalue weighted by Gasteiger charge is 2.38. The van der Waals surface area contributed by atoms with Gasteiger partial charge in [-0.25, -0.2) is 0 Å². The fraction of sp³-hybridized carbons (Fsp3) is 0.259. The number of allylic oxidation sites excluding steroid dienone is 2. The second kappa shape index (κ2) is 8.87. The van der Waals surface area contributed by atoms with E-state index in [1.165, 1.54) is 11.1 Å². The number of hydrogen-bond acceptors (Lipinski definition) is 4. The Morgan fingerprint density at radius 2 is 1.91 bits per heavy atom. The molecule has 5 nitrogen and oxygen atoms in total. The highest BCUT2D eigenvalue weighted by atomic mass is 16.6. The zero-order valence-electron chi connectivity index (χ0n) is 17.8. The van der Waals surface area contributed by atoms with Crippen molar-refractivity contribution in [3.05, 3.63) is 112 Å². The van der Waals surface area contributed by atoms with Crippen LogP contribution in [-0.2, 0) is 6.42 Å². The number of rotatable bonds is 7. The molecular weight excluding hydrogens is 400 g/mol. The molecule has 3 atom stereocenters. The lowest BCUT2D eigenvalue weighted by atomic mass is 9.77. The molecule has 0 radical (unpaired) electrons. The van der Waals surface area contributed by atoms with Crippen molar-refractivity contribution in [2.45, 2.75) is 31.2 Å². The average Bonchev–Trinajstić information content (AvgIpc) is 3.32. The van der Waals surface area contributed by atoms with E-state index in [0.717, 1.165) is 36.3 Å². The first-order chi connectivity index (χ1) is 15.7. The smallest absolute Gasteiger partial charge is 0.269 e. The number of aryl methyl sites for hydroxylation is 1. The van der Waals surface area contributed by atoms with Crippen LogP contribution in [0.2, 0.25) is 0 Å². The normalized spacial score (nSPS) is 20.8. The minimum atomic E-state index is -0.327. The monoisotopic (exact) mass is 426 g/mol. The van der Waals surface area contributed by atoms with Crippen molar-refractivity contribution in [1.82, 2.24) is 0 Å². The van der Waals surface area contributed by atoms with Crippen molar-refractivity contribution in [1.29, 1.82) is 0 Å². The predicted molar refractivity (Wildman–Crippen MR) is 126 cm³/mol. The summed E-state index contributed by atoms with van der Waals surface area (Å²) < 4.78 is 6.07. The minimum Gasteiger partial charge on any atom is -0.494 e. The molecule has 3 aromatic rings. The van der Waals surface area contributed by atoms with Crippen LogP contribution in [0.1, 0.15) is 41.5 Å². The van der Waals surface area contributed by atoms with Crippen LogP contribution in [0.4, 0.5) is 11.4 Å². The predicted octanol–water partition coefficient (Wildman–Crippen LogP) is 6.43. The van der Waals surface area contributed by atoms with E-state index >= 15 is 0 Å². The molecule has 1 aliphatic carbocycles. The van der Waals surface area contributed by atoms with Gasteiger partial charge in [-0.15, -0.1) is 0 Å². The third-order valence-electron chi connectivity index (χ3n) is 6.50. The Morgan fingerprint density at radius 3 is 2.75 bits per heavy atom. The van der Waals surface area contributed by atoms with Crippen LogP contribution in [0.3, 0.4) is 0 Å². The highest BCUT2D eigenvalue weighted by Crippen LogP contribution is 2.50. The fourth-order valence-corrected chi connectivity index (χ4v) is 4.94. The first-order valence-electron chi connectivity index (χ1n) is 11.2. The van der Waals surface area contributed by atoms with E-state index in [2.05, 4.69) is 53.9 Å². The Bertz CT molecular complexity index is 1140. The second-order valence-corrected chi connectivity index (χ2v) is 8.51. The molecule has 0 saturated heterocycles. The summed E-state index contributed by atoms with van der Waals surface area (Å²) in [6.45, 7) is 0.682. The summed E-state index contributed by atoms with van der Waals surface area (Å²) in [6.07, 6.45) is 7.43. The van der Waals surface area contributed by atoms with Crippen LogP contribution < -0.4 is 10.1 Å². The Labute approximate surface area is 187 Å². The van der Waals surface area contributed by atoms with Crippen molar-refractivity contribution in [2.75, 3.05) is 11.9 Å². The van der Waals surface area contributed by atoms with E-state index in [4.69, 9.17) is 4.74 Å². The molecule has 5 rings (SSSR count). The van der Waals surface area contributed by atoms with Gasteiger partial charge in [-0.3, -0.25) is 10.1 Å². The summed E-state index contributed by atoms with van der Waals surface area (Å²) in [7, 11) is 0. The van der Waals surface area contributed by atoms with Crippen molar-refractivity contribution >= 4 is 11.4 Å². The number of non-ortho nitro benzene ring substituents is 1. The molecule has 32 heavy (non-hydrogen) atoms. The molecule has 3 aromatic carbocycles. The van der Waals surface area contributed by atoms with Gasteiger partial charge in [0.1, 0.15) is 5.75 Å². The molecule has 0 bridgehead atoms. The second-order valence-electron chi connectivity index (χ2n) is 8.51. The number of nitrogens with zero attached hydrogens (tertiary/aromatic N) is 1. The number of fused-ring (bicyclic) bond motifs is 3. The van der Waals surface area contributed by atoms with Crippen molar-refractivity contribution in [3.63, 3.8) is 0 Å². The maximum absolute atomic E-state index is 11.2. The average molecular weight is 427 g/mol. The Hall–Kier alpha value is -3.60. The summed E-state index contributed by atoms with van der Waals surface area (Å²) in [5.74, 6) is 1.51. The molecule has 1 aliphatic heterocycles. The molecule has 1 N–H and O–H groups in total. The largest absolute Gasteiger partial charge is 0.494 e. The lowest BCUT2D eigenvalue weighted by molar-refractivity contribution is -0.384. The van der Waals surface area contributed by atoms with E-state index in [1.54, 1.807) is 18.2 Å². The standard InChI is InChI=1S/C27H26N2O3/c30-29(31)21-11-4-10-20(17-21)27-24-13-5-12-23(24)25-18-22(14-15-26(25)28-27)32-16-6-9-19-7-2-1-3-8-19/h1-5,7-8,10-12,14-15,17-18,23-24,27-28H,6,9,13,16H2. The summed E-state index contributed by atoms with van der Waals surface area (Å²) in [5.41, 5.74) is 4.75. The zero-order valence-corrected chi connectivity index (χ0v) is 17.8. The highest BCUT2D eigenvalue weighted by molar-refractivity contribution is 5.62. The van der Waals surface area contributed by atoms with Gasteiger partial charge >= 0.3 is 0 Å². The number of anilines is 1. The fourth-order valence-electron chi connectivity index (χ4n) is 4.94. The lowest BCUT2D eigenvalue weighted by Crippen LogP contribution is -2.29. The number of nitro groups is 1. The summed E-state index contributed by atoms with van der Waals surface area (Å²) in [6, 6.07) is 23.8. The minimum absolute atomic E-state index is 0.0417. The van der Waals surface area contributed by atoms with E-state index in [9.17, 15) is 10.1 Å². The number of ether oxygens (including phenoxy) is 1. The third-order valence-corrected chi connectivity index (χ3v) is 6.50. The maximum atomic E-state index is 11.2. The van der Waals surface area contributed by atoms with Gasteiger partial charge in [0.2, 0.25) is 0 Å². The van der Waals surface area contributed by atoms with E-state index in [0.29, 0.717) is 12.5 Å². The molecule has 162 valence electrons. The molecule has 2 aliphatic rings. The maximum Gasteiger partial charge on any atom is 0.269 e. The van der Waals surface area contributed by atoms with Gasteiger partial charge in [-0.05, 0) is 60.1 Å². The number of nitrogens with one attached hydrogen (secondary N) is 1. The molecule has 0 spiro atoms. The first-order valence-corrected chi connectivity index (χ1v) is 11.2. The van der Waals surface area contributed by atoms with Gasteiger partial charge in [0.05, 0.1) is 17.6 Å². The Kier molecular flexibility index (Phi) is 5.63. The van der Waals surface area contributed by atoms with Crippen molar-refractivity contribution in [3.8, 4) is 5.75 Å². The zero-order chi connectivity index (χ0) is 21.9. The molecule has 5 heteroatoms. The van der Waals surface area contributed by atoms with E-state index in [-0.39, 0.29) is 22.6 Å². The molecule has 3 unspecified atom stereocenters. The van der Waals surface area contributed by atoms with Crippen molar-refractivity contribution in [2.24, 2.45) is 5.92 Å². The van der Waals surface area contributed by atoms with Gasteiger partial charge in [0, 0.05) is 23.7 Å². The number of nitro benzene ring substituents is 1. The van der Waals surface area contributed by atoms with Crippen LogP contribution in [0, 0.1) is 16.0 Å². The van der Waals surface area contributed by atoms with Gasteiger partial charge in [0.25, 0.3) is 5.69 Å². The molecule has 0 fully saturated rings.